The van der Waals surface area contributed by atoms with E-state index in [2.05, 4.69) is 4.74 Å². The first kappa shape index (κ1) is 9.95. The van der Waals surface area contributed by atoms with Gasteiger partial charge in [-0.1, -0.05) is 6.32 Å². The van der Waals surface area contributed by atoms with Crippen LogP contribution in [0.4, 0.5) is 0 Å². The second-order valence-corrected chi connectivity index (χ2v) is 3.88. The summed E-state index contributed by atoms with van der Waals surface area (Å²) in [4.78, 5) is 12.4. The van der Waals surface area contributed by atoms with Crippen LogP contribution in [-0.2, 0) is 18.8 Å². The summed E-state index contributed by atoms with van der Waals surface area (Å²) in [6.45, 7) is 2.27. The number of ether oxygens (including phenoxy) is 1. The van der Waals surface area contributed by atoms with Crippen molar-refractivity contribution in [2.75, 3.05) is 33.4 Å². The second kappa shape index (κ2) is 3.88. The fourth-order valence-electron chi connectivity index (χ4n) is 2.39. The van der Waals surface area contributed by atoms with E-state index >= 15 is 0 Å². The first-order valence-corrected chi connectivity index (χ1v) is 5.12. The topological polar surface area (TPSA) is 49.2 Å². The van der Waals surface area contributed by atoms with E-state index in [9.17, 15) is 4.79 Å². The highest BCUT2D eigenvalue weighted by atomic mass is 16.6. The number of quaternary nitrogens is 1. The summed E-state index contributed by atoms with van der Waals surface area (Å²) >= 11 is 0. The zero-order valence-electron chi connectivity index (χ0n) is 8.45. The predicted octanol–water partition coefficient (Wildman–Crippen LogP) is -1.57. The fourth-order valence-corrected chi connectivity index (χ4v) is 2.39. The highest BCUT2D eigenvalue weighted by molar-refractivity contribution is 6.59. The van der Waals surface area contributed by atoms with Gasteiger partial charge in [0.2, 0.25) is 0 Å². The summed E-state index contributed by atoms with van der Waals surface area (Å²) in [6, 6.07) is 0. The van der Waals surface area contributed by atoms with Crippen LogP contribution < -0.4 is 4.81 Å². The number of methoxy groups -OCH3 is 1. The minimum Gasteiger partial charge on any atom is -0.510 e. The van der Waals surface area contributed by atoms with Crippen LogP contribution in [0.1, 0.15) is 6.42 Å². The molecule has 2 aliphatic heterocycles. The highest BCUT2D eigenvalue weighted by Crippen LogP contribution is 2.16. The molecule has 0 aromatic rings. The Morgan fingerprint density at radius 3 is 2.64 bits per heavy atom. The van der Waals surface area contributed by atoms with Crippen LogP contribution in [0.3, 0.4) is 0 Å². The number of fused-ring (bicyclic) bond motifs is 1. The Balaban J connectivity index is 1.91. The summed E-state index contributed by atoms with van der Waals surface area (Å²) in [6.07, 6.45) is 1.04. The Bertz CT molecular complexity index is 225. The molecule has 2 heterocycles. The average molecular weight is 201 g/mol. The van der Waals surface area contributed by atoms with Crippen LogP contribution in [-0.4, -0.2) is 46.1 Å². The van der Waals surface area contributed by atoms with Gasteiger partial charge < -0.3 is 18.9 Å². The Labute approximate surface area is 83.3 Å². The number of esters is 1. The van der Waals surface area contributed by atoms with E-state index in [4.69, 9.17) is 9.31 Å². The summed E-state index contributed by atoms with van der Waals surface area (Å²) in [5, 5.41) is 0. The normalized spacial score (nSPS) is 35.6. The van der Waals surface area contributed by atoms with Crippen LogP contribution in [0.2, 0.25) is 6.32 Å². The number of hydrogen-bond acceptors (Lipinski definition) is 4. The molecule has 6 heteroatoms. The van der Waals surface area contributed by atoms with E-state index in [1.165, 1.54) is 11.9 Å². The number of hydrogen-bond donors (Lipinski definition) is 1. The van der Waals surface area contributed by atoms with E-state index in [0.29, 0.717) is 12.7 Å². The van der Waals surface area contributed by atoms with Crippen molar-refractivity contribution in [2.45, 2.75) is 12.7 Å². The molecule has 0 bridgehead atoms. The number of rotatable bonds is 3. The molecule has 2 aliphatic rings. The Kier molecular flexibility index (Phi) is 2.76. The summed E-state index contributed by atoms with van der Waals surface area (Å²) in [7, 11) is 1.41. The van der Waals surface area contributed by atoms with E-state index in [1.807, 2.05) is 0 Å². The van der Waals surface area contributed by atoms with Crippen molar-refractivity contribution in [3.05, 3.63) is 0 Å². The molecule has 0 unspecified atom stereocenters. The lowest BCUT2D eigenvalue weighted by Gasteiger charge is -2.30. The molecule has 0 atom stereocenters. The highest BCUT2D eigenvalue weighted by Gasteiger charge is 2.49. The molecule has 1 N–H and O–H groups in total. The molecule has 0 spiro atoms. The van der Waals surface area contributed by atoms with Crippen LogP contribution in [0.25, 0.3) is 0 Å². The molecule has 2 fully saturated rings. The summed E-state index contributed by atoms with van der Waals surface area (Å²) in [5.41, 5.74) is 0. The SMILES string of the molecule is COC(=O)CC[B-]12OCC[NH+]1CCO2. The molecule has 0 aromatic carbocycles. The van der Waals surface area contributed by atoms with Crippen LogP contribution in [0.15, 0.2) is 0 Å². The van der Waals surface area contributed by atoms with Crippen molar-refractivity contribution >= 4 is 12.7 Å². The molecule has 0 saturated carbocycles. The number of carbonyl (C=O) groups is 1. The number of nitrogens with one attached hydrogen (secondary N) is 1. The van der Waals surface area contributed by atoms with Gasteiger partial charge in [-0.15, -0.1) is 0 Å². The van der Waals surface area contributed by atoms with Gasteiger partial charge in [0.05, 0.1) is 33.4 Å². The van der Waals surface area contributed by atoms with Gasteiger partial charge in [-0.05, 0) is 0 Å². The average Bonchev–Trinajstić information content (AvgIpc) is 2.72. The zero-order chi connectivity index (χ0) is 10.0. The van der Waals surface area contributed by atoms with Gasteiger partial charge in [-0.2, -0.15) is 0 Å². The van der Waals surface area contributed by atoms with Crippen molar-refractivity contribution in [2.24, 2.45) is 0 Å². The minimum absolute atomic E-state index is 0.188. The molecule has 0 aliphatic carbocycles. The predicted molar refractivity (Wildman–Crippen MR) is 49.8 cm³/mol. The van der Waals surface area contributed by atoms with Gasteiger partial charge in [-0.3, -0.25) is 4.79 Å². The van der Waals surface area contributed by atoms with E-state index < -0.39 is 6.69 Å². The van der Waals surface area contributed by atoms with Crippen molar-refractivity contribution in [1.82, 2.24) is 0 Å². The molecular weight excluding hydrogens is 185 g/mol. The van der Waals surface area contributed by atoms with Gasteiger partial charge in [-0.25, -0.2) is 0 Å². The maximum absolute atomic E-state index is 11.0. The van der Waals surface area contributed by atoms with Crippen LogP contribution in [0.5, 0.6) is 0 Å². The van der Waals surface area contributed by atoms with Crippen molar-refractivity contribution < 1.29 is 23.7 Å². The third kappa shape index (κ3) is 1.65. The largest absolute Gasteiger partial charge is 0.510 e. The maximum atomic E-state index is 11.0. The molecule has 0 aromatic heterocycles. The monoisotopic (exact) mass is 201 g/mol. The van der Waals surface area contributed by atoms with E-state index in [-0.39, 0.29) is 5.97 Å². The van der Waals surface area contributed by atoms with Crippen LogP contribution >= 0.6 is 0 Å². The quantitative estimate of drug-likeness (QED) is 0.443. The third-order valence-corrected chi connectivity index (χ3v) is 3.20. The summed E-state index contributed by atoms with van der Waals surface area (Å²) in [5.74, 6) is -0.188. The molecule has 0 amide bonds. The molecular formula is C8H16BNO4. The van der Waals surface area contributed by atoms with Gasteiger partial charge in [0, 0.05) is 6.42 Å². The standard InChI is InChI=1S/C8H16BNO4/c1-12-8(11)2-3-9-10(4-6-13-9)5-7-14-9/h10H,2-7H2,1H3. The van der Waals surface area contributed by atoms with E-state index in [1.54, 1.807) is 0 Å². The second-order valence-electron chi connectivity index (χ2n) is 3.88. The molecule has 80 valence electrons. The maximum Gasteiger partial charge on any atom is 0.471 e. The summed E-state index contributed by atoms with van der Waals surface area (Å²) < 4.78 is 15.9. The lowest BCUT2D eigenvalue weighted by atomic mass is 9.66. The Morgan fingerprint density at radius 2 is 2.07 bits per heavy atom. The van der Waals surface area contributed by atoms with E-state index in [0.717, 1.165) is 26.3 Å². The molecule has 0 radical (unpaired) electrons. The minimum atomic E-state index is -1.23. The first-order chi connectivity index (χ1) is 6.77. The Morgan fingerprint density at radius 1 is 1.43 bits per heavy atom. The third-order valence-electron chi connectivity index (χ3n) is 3.20. The van der Waals surface area contributed by atoms with Gasteiger partial charge in [0.25, 0.3) is 0 Å². The van der Waals surface area contributed by atoms with Crippen LogP contribution in [0, 0.1) is 0 Å². The first-order valence-electron chi connectivity index (χ1n) is 5.12. The smallest absolute Gasteiger partial charge is 0.471 e. The lowest BCUT2D eigenvalue weighted by Crippen LogP contribution is -3.19. The van der Waals surface area contributed by atoms with Crippen molar-refractivity contribution in [1.29, 1.82) is 0 Å². The van der Waals surface area contributed by atoms with Gasteiger partial charge in [0.1, 0.15) is 0 Å². The Hall–Kier alpha value is -0.585. The number of carbonyl (C=O) groups excluding carboxylic acids is 1. The molecule has 2 rings (SSSR count). The molecule has 5 nitrogen and oxygen atoms in total. The fraction of sp³-hybridized carbons (Fsp3) is 0.875. The lowest BCUT2D eigenvalue weighted by molar-refractivity contribution is -0.784. The molecule has 2 saturated heterocycles. The molecule has 14 heavy (non-hydrogen) atoms. The van der Waals surface area contributed by atoms with Crippen molar-refractivity contribution in [3.8, 4) is 0 Å². The van der Waals surface area contributed by atoms with Gasteiger partial charge >= 0.3 is 12.7 Å². The van der Waals surface area contributed by atoms with Gasteiger partial charge in [0.15, 0.2) is 0 Å². The van der Waals surface area contributed by atoms with Crippen molar-refractivity contribution in [3.63, 3.8) is 0 Å². The zero-order valence-corrected chi connectivity index (χ0v) is 8.45.